The van der Waals surface area contributed by atoms with Crippen LogP contribution in [0.1, 0.15) is 0 Å². The molecule has 0 spiro atoms. The van der Waals surface area contributed by atoms with Gasteiger partial charge in [-0.25, -0.2) is 0 Å². The van der Waals surface area contributed by atoms with Gasteiger partial charge in [0.1, 0.15) is 24.4 Å². The molecule has 1 saturated heterocycles. The van der Waals surface area contributed by atoms with Crippen LogP contribution in [-0.4, -0.2) is 62.8 Å². The van der Waals surface area contributed by atoms with Crippen LogP contribution in [0, 0.1) is 0 Å². The zero-order chi connectivity index (χ0) is 11.6. The average Bonchev–Trinajstić information content (AvgIpc) is 2.18. The van der Waals surface area contributed by atoms with Crippen molar-refractivity contribution < 1.29 is 25.2 Å². The Bertz CT molecular complexity index is 241. The van der Waals surface area contributed by atoms with Crippen LogP contribution in [0.4, 0.5) is 0 Å². The lowest BCUT2D eigenvalue weighted by Crippen LogP contribution is -2.64. The van der Waals surface area contributed by atoms with Crippen LogP contribution < -0.4 is 11.1 Å². The van der Waals surface area contributed by atoms with E-state index in [0.29, 0.717) is 0 Å². The van der Waals surface area contributed by atoms with Gasteiger partial charge in [-0.05, 0) is 12.2 Å². The quantitative estimate of drug-likeness (QED) is 0.275. The molecule has 0 aromatic carbocycles. The molecule has 0 amide bonds. The molecule has 0 bridgehead atoms. The summed E-state index contributed by atoms with van der Waals surface area (Å²) in [6.45, 7) is -0.505. The number of ether oxygens (including phenoxy) is 1. The van der Waals surface area contributed by atoms with Crippen molar-refractivity contribution in [2.45, 2.75) is 30.6 Å². The zero-order valence-electron chi connectivity index (χ0n) is 7.78. The predicted octanol–water partition coefficient (Wildman–Crippen LogP) is -3.38. The molecule has 15 heavy (non-hydrogen) atoms. The van der Waals surface area contributed by atoms with Gasteiger partial charge in [0.25, 0.3) is 0 Å². The van der Waals surface area contributed by atoms with E-state index in [1.54, 1.807) is 0 Å². The molecule has 0 aliphatic carbocycles. The number of hydrogen-bond acceptors (Lipinski definition) is 6. The molecule has 1 rings (SSSR count). The first-order valence-electron chi connectivity index (χ1n) is 4.34. The fourth-order valence-electron chi connectivity index (χ4n) is 1.42. The fourth-order valence-corrected chi connectivity index (χ4v) is 1.55. The highest BCUT2D eigenvalue weighted by atomic mass is 32.1. The van der Waals surface area contributed by atoms with Gasteiger partial charge in [-0.3, -0.25) is 0 Å². The molecule has 0 saturated carbocycles. The Morgan fingerprint density at radius 3 is 2.40 bits per heavy atom. The summed E-state index contributed by atoms with van der Waals surface area (Å²) in [6, 6.07) is -1.01. The summed E-state index contributed by atoms with van der Waals surface area (Å²) in [5.41, 5.74) is 5.17. The number of aliphatic hydroxyl groups excluding tert-OH is 4. The molecule has 1 fully saturated rings. The largest absolute Gasteiger partial charge is 0.394 e. The molecular weight excluding hydrogens is 224 g/mol. The van der Waals surface area contributed by atoms with Crippen LogP contribution in [0.15, 0.2) is 0 Å². The first-order valence-corrected chi connectivity index (χ1v) is 4.74. The lowest BCUT2D eigenvalue weighted by Gasteiger charge is -2.40. The van der Waals surface area contributed by atoms with Crippen LogP contribution >= 0.6 is 12.2 Å². The third-order valence-electron chi connectivity index (χ3n) is 2.21. The number of rotatable bonds is 2. The molecule has 8 heteroatoms. The van der Waals surface area contributed by atoms with Gasteiger partial charge in [0.05, 0.1) is 6.61 Å². The third-order valence-corrected chi connectivity index (χ3v) is 2.33. The van der Waals surface area contributed by atoms with E-state index >= 15 is 0 Å². The maximum Gasteiger partial charge on any atom is 0.178 e. The summed E-state index contributed by atoms with van der Waals surface area (Å²) in [5.74, 6) is 0. The Morgan fingerprint density at radius 2 is 1.93 bits per heavy atom. The van der Waals surface area contributed by atoms with E-state index in [0.717, 1.165) is 0 Å². The highest BCUT2D eigenvalue weighted by Gasteiger charge is 2.43. The van der Waals surface area contributed by atoms with E-state index < -0.39 is 37.3 Å². The second-order valence-electron chi connectivity index (χ2n) is 3.26. The number of thiocarbonyl (C=S) groups is 1. The molecule has 5 atom stereocenters. The van der Waals surface area contributed by atoms with Crippen molar-refractivity contribution in [2.24, 2.45) is 5.73 Å². The van der Waals surface area contributed by atoms with Crippen molar-refractivity contribution in [1.29, 1.82) is 0 Å². The lowest BCUT2D eigenvalue weighted by atomic mass is 9.97. The molecule has 0 aromatic heterocycles. The minimum Gasteiger partial charge on any atom is -0.394 e. The van der Waals surface area contributed by atoms with Gasteiger partial charge in [0, 0.05) is 0 Å². The van der Waals surface area contributed by atoms with Gasteiger partial charge in [-0.1, -0.05) is 0 Å². The molecular formula is C7H14N2O5S. The van der Waals surface area contributed by atoms with Gasteiger partial charge in [-0.15, -0.1) is 0 Å². The minimum atomic E-state index is -1.40. The van der Waals surface area contributed by atoms with E-state index in [4.69, 9.17) is 15.6 Å². The number of nitrogens with two attached hydrogens (primary N) is 1. The summed E-state index contributed by atoms with van der Waals surface area (Å²) in [6.07, 6.45) is -5.07. The third kappa shape index (κ3) is 2.74. The Morgan fingerprint density at radius 1 is 1.33 bits per heavy atom. The minimum absolute atomic E-state index is 0.128. The normalized spacial score (nSPS) is 41.2. The van der Waals surface area contributed by atoms with Gasteiger partial charge in [0.2, 0.25) is 0 Å². The molecule has 1 aliphatic rings. The van der Waals surface area contributed by atoms with Crippen molar-refractivity contribution in [3.63, 3.8) is 0 Å². The van der Waals surface area contributed by atoms with Crippen LogP contribution in [0.2, 0.25) is 0 Å². The van der Waals surface area contributed by atoms with Gasteiger partial charge in [-0.2, -0.15) is 0 Å². The molecule has 1 aliphatic heterocycles. The number of hydrogen-bond donors (Lipinski definition) is 6. The summed E-state index contributed by atoms with van der Waals surface area (Å²) < 4.78 is 4.85. The molecule has 88 valence electrons. The summed E-state index contributed by atoms with van der Waals surface area (Å²) in [5, 5.41) is 39.5. The smallest absolute Gasteiger partial charge is 0.178 e. The highest BCUT2D eigenvalue weighted by molar-refractivity contribution is 7.80. The Balaban J connectivity index is 2.70. The maximum absolute atomic E-state index is 9.58. The zero-order valence-corrected chi connectivity index (χ0v) is 8.59. The Kier molecular flexibility index (Phi) is 4.20. The molecule has 7 nitrogen and oxygen atoms in total. The molecule has 7 N–H and O–H groups in total. The van der Waals surface area contributed by atoms with Crippen molar-refractivity contribution in [2.75, 3.05) is 6.61 Å². The Hall–Kier alpha value is -0.510. The van der Waals surface area contributed by atoms with Crippen LogP contribution in [0.5, 0.6) is 0 Å². The molecule has 0 radical (unpaired) electrons. The average molecular weight is 238 g/mol. The van der Waals surface area contributed by atoms with Gasteiger partial charge < -0.3 is 36.2 Å². The summed E-state index contributed by atoms with van der Waals surface area (Å²) in [7, 11) is 0. The number of nitrogens with one attached hydrogen (secondary N) is 1. The van der Waals surface area contributed by atoms with Crippen molar-refractivity contribution in [1.82, 2.24) is 5.32 Å². The van der Waals surface area contributed by atoms with Gasteiger partial charge >= 0.3 is 0 Å². The second kappa shape index (κ2) is 5.01. The maximum atomic E-state index is 9.58. The number of aliphatic hydroxyl groups is 4. The van der Waals surface area contributed by atoms with E-state index in [9.17, 15) is 15.3 Å². The van der Waals surface area contributed by atoms with E-state index in [-0.39, 0.29) is 5.11 Å². The van der Waals surface area contributed by atoms with Crippen LogP contribution in [0.3, 0.4) is 0 Å². The van der Waals surface area contributed by atoms with Crippen molar-refractivity contribution in [3.05, 3.63) is 0 Å². The van der Waals surface area contributed by atoms with Crippen molar-refractivity contribution >= 4 is 17.3 Å². The predicted molar refractivity (Wildman–Crippen MR) is 53.7 cm³/mol. The van der Waals surface area contributed by atoms with E-state index in [1.165, 1.54) is 0 Å². The molecule has 0 aromatic rings. The standard InChI is InChI=1S/C7H14N2O5S/c8-7(15)9-3-5(12)4(11)2(1-10)14-6(3)13/h2-6,10-13H,1H2,(H3,8,9,15)/t2-,3-,4-,5-,6?/m1/s1. The summed E-state index contributed by atoms with van der Waals surface area (Å²) >= 11 is 4.54. The van der Waals surface area contributed by atoms with E-state index in [1.807, 2.05) is 0 Å². The molecule has 1 heterocycles. The van der Waals surface area contributed by atoms with Gasteiger partial charge in [0.15, 0.2) is 11.4 Å². The topological polar surface area (TPSA) is 128 Å². The second-order valence-corrected chi connectivity index (χ2v) is 3.70. The Labute approximate surface area is 91.5 Å². The van der Waals surface area contributed by atoms with Crippen molar-refractivity contribution in [3.8, 4) is 0 Å². The highest BCUT2D eigenvalue weighted by Crippen LogP contribution is 2.19. The van der Waals surface area contributed by atoms with Crippen LogP contribution in [-0.2, 0) is 4.74 Å². The summed E-state index contributed by atoms with van der Waals surface area (Å²) in [4.78, 5) is 0. The SMILES string of the molecule is NC(=S)N[C@H]1C(O)O[C@H](CO)[C@@H](O)[C@@H]1O. The van der Waals surface area contributed by atoms with Crippen LogP contribution in [0.25, 0.3) is 0 Å². The monoisotopic (exact) mass is 238 g/mol. The first-order chi connectivity index (χ1) is 6.97. The lowest BCUT2D eigenvalue weighted by molar-refractivity contribution is -0.251. The fraction of sp³-hybridized carbons (Fsp3) is 0.857. The van der Waals surface area contributed by atoms with E-state index in [2.05, 4.69) is 17.5 Å². The first kappa shape index (κ1) is 12.6. The molecule has 1 unspecified atom stereocenters.